The van der Waals surface area contributed by atoms with Gasteiger partial charge in [0.25, 0.3) is 5.56 Å². The lowest BCUT2D eigenvalue weighted by Gasteiger charge is -2.16. The molecule has 0 saturated carbocycles. The van der Waals surface area contributed by atoms with Crippen molar-refractivity contribution in [3.05, 3.63) is 80.3 Å². The van der Waals surface area contributed by atoms with E-state index in [4.69, 9.17) is 12.2 Å². The Labute approximate surface area is 189 Å². The van der Waals surface area contributed by atoms with Crippen LogP contribution in [0.2, 0.25) is 0 Å². The molecule has 0 saturated heterocycles. The topological polar surface area (TPSA) is 58.1 Å². The molecule has 1 aliphatic carbocycles. The largest absolute Gasteiger partial charge is 0.351 e. The lowest BCUT2D eigenvalue weighted by Crippen LogP contribution is -2.21. The molecule has 1 amide bonds. The van der Waals surface area contributed by atoms with Gasteiger partial charge in [-0.15, -0.1) is 11.3 Å². The summed E-state index contributed by atoms with van der Waals surface area (Å²) in [6.07, 6.45) is 2.61. The van der Waals surface area contributed by atoms with Crippen LogP contribution in [0.1, 0.15) is 16.7 Å². The quantitative estimate of drug-likeness (QED) is 0.350. The molecule has 0 bridgehead atoms. The number of rotatable bonds is 2. The normalized spacial score (nSPS) is 11.8. The van der Waals surface area contributed by atoms with Crippen LogP contribution in [0.4, 0.5) is 0 Å². The number of nitrogens with one attached hydrogen (secondary N) is 1. The summed E-state index contributed by atoms with van der Waals surface area (Å²) in [5.74, 6) is 0. The summed E-state index contributed by atoms with van der Waals surface area (Å²) < 4.78 is 2.09. The Morgan fingerprint density at radius 3 is 2.48 bits per heavy atom. The minimum absolute atomic E-state index is 0.0186. The Balaban J connectivity index is 0.000000418. The molecule has 2 aromatic heterocycles. The Morgan fingerprint density at radius 2 is 1.77 bits per heavy atom. The van der Waals surface area contributed by atoms with Crippen LogP contribution in [0.25, 0.3) is 26.3 Å². The Hall–Kier alpha value is -3.03. The van der Waals surface area contributed by atoms with E-state index in [1.807, 2.05) is 31.2 Å². The third kappa shape index (κ3) is 3.86. The zero-order valence-electron chi connectivity index (χ0n) is 17.6. The van der Waals surface area contributed by atoms with Crippen molar-refractivity contribution in [2.45, 2.75) is 19.8 Å². The van der Waals surface area contributed by atoms with Gasteiger partial charge in [0.1, 0.15) is 4.83 Å². The van der Waals surface area contributed by atoms with Crippen molar-refractivity contribution in [3.63, 3.8) is 0 Å². The van der Waals surface area contributed by atoms with Gasteiger partial charge in [-0.1, -0.05) is 42.5 Å². The minimum atomic E-state index is -0.0186. The van der Waals surface area contributed by atoms with Crippen LogP contribution in [-0.2, 0) is 17.6 Å². The molecule has 0 atom stereocenters. The number of H-pyrrole nitrogens is 1. The fourth-order valence-corrected chi connectivity index (χ4v) is 5.49. The molecule has 158 valence electrons. The number of nitrogens with zero attached hydrogens (tertiary/aromatic N) is 2. The highest BCUT2D eigenvalue weighted by molar-refractivity contribution is 7.71. The highest BCUT2D eigenvalue weighted by Crippen LogP contribution is 2.42. The Morgan fingerprint density at radius 1 is 1.10 bits per heavy atom. The van der Waals surface area contributed by atoms with Crippen molar-refractivity contribution >= 4 is 40.2 Å². The number of aromatic nitrogens is 2. The van der Waals surface area contributed by atoms with Gasteiger partial charge in [0.15, 0.2) is 4.77 Å². The molecule has 2 heterocycles. The van der Waals surface area contributed by atoms with Gasteiger partial charge < -0.3 is 9.88 Å². The molecule has 0 unspecified atom stereocenters. The lowest BCUT2D eigenvalue weighted by molar-refractivity contribution is -0.115. The molecular weight excluding hydrogens is 426 g/mol. The molecule has 1 N–H and O–H groups in total. The van der Waals surface area contributed by atoms with Crippen molar-refractivity contribution < 1.29 is 4.79 Å². The smallest absolute Gasteiger partial charge is 0.267 e. The first kappa shape index (κ1) is 21.2. The third-order valence-electron chi connectivity index (χ3n) is 5.32. The van der Waals surface area contributed by atoms with Gasteiger partial charge in [-0.05, 0) is 60.3 Å². The number of carbonyl (C=O) groups excluding carboxylic acids is 1. The minimum Gasteiger partial charge on any atom is -0.351 e. The second kappa shape index (κ2) is 8.61. The van der Waals surface area contributed by atoms with Crippen LogP contribution in [-0.4, -0.2) is 35.0 Å². The molecule has 2 aromatic carbocycles. The van der Waals surface area contributed by atoms with Crippen LogP contribution < -0.4 is 5.56 Å². The molecule has 0 radical (unpaired) electrons. The zero-order chi connectivity index (χ0) is 22.1. The number of fused-ring (bicyclic) bond motifs is 5. The summed E-state index contributed by atoms with van der Waals surface area (Å²) in [6.45, 7) is 2.00. The monoisotopic (exact) mass is 449 g/mol. The summed E-state index contributed by atoms with van der Waals surface area (Å²) in [5.41, 5.74) is 5.61. The second-order valence-corrected chi connectivity index (χ2v) is 9.10. The molecule has 31 heavy (non-hydrogen) atoms. The fourth-order valence-electron chi connectivity index (χ4n) is 3.85. The Bertz CT molecular complexity index is 1400. The fraction of sp³-hybridized carbons (Fsp3) is 0.208. The SMILES string of the molecule is CN(C)C=O.Cc1ccccc1-n1c(=S)[nH]c2sc3c(c2c1=O)CCc1ccccc1-3. The number of carbonyl (C=O) groups is 1. The first-order valence-electron chi connectivity index (χ1n) is 9.99. The van der Waals surface area contributed by atoms with Gasteiger partial charge in [-0.2, -0.15) is 0 Å². The van der Waals surface area contributed by atoms with Gasteiger partial charge in [-0.25, -0.2) is 0 Å². The zero-order valence-corrected chi connectivity index (χ0v) is 19.3. The average Bonchev–Trinajstić information content (AvgIpc) is 3.14. The van der Waals surface area contributed by atoms with Crippen molar-refractivity contribution in [2.24, 2.45) is 0 Å². The highest BCUT2D eigenvalue weighted by atomic mass is 32.1. The second-order valence-electron chi connectivity index (χ2n) is 7.70. The first-order chi connectivity index (χ1) is 14.9. The van der Waals surface area contributed by atoms with Gasteiger partial charge in [-0.3, -0.25) is 14.2 Å². The van der Waals surface area contributed by atoms with E-state index in [1.54, 1.807) is 30.0 Å². The van der Waals surface area contributed by atoms with Crippen molar-refractivity contribution in [1.29, 1.82) is 0 Å². The molecule has 0 aliphatic heterocycles. The summed E-state index contributed by atoms with van der Waals surface area (Å²) in [6, 6.07) is 16.3. The third-order valence-corrected chi connectivity index (χ3v) is 6.79. The maximum atomic E-state index is 13.4. The number of benzene rings is 2. The van der Waals surface area contributed by atoms with E-state index in [2.05, 4.69) is 29.2 Å². The van der Waals surface area contributed by atoms with Crippen LogP contribution in [0.3, 0.4) is 0 Å². The molecule has 0 fully saturated rings. The summed E-state index contributed by atoms with van der Waals surface area (Å²) in [5, 5.41) is 0.788. The predicted molar refractivity (Wildman–Crippen MR) is 130 cm³/mol. The van der Waals surface area contributed by atoms with E-state index in [1.165, 1.54) is 20.9 Å². The van der Waals surface area contributed by atoms with Gasteiger partial charge in [0, 0.05) is 19.0 Å². The molecular formula is C24H23N3O2S2. The van der Waals surface area contributed by atoms with E-state index in [9.17, 15) is 9.59 Å². The molecule has 5 nitrogen and oxygen atoms in total. The predicted octanol–water partition coefficient (Wildman–Crippen LogP) is 4.89. The molecule has 5 rings (SSSR count). The van der Waals surface area contributed by atoms with E-state index in [0.717, 1.165) is 46.3 Å². The summed E-state index contributed by atoms with van der Waals surface area (Å²) in [4.78, 5) is 29.7. The molecule has 4 aromatic rings. The maximum absolute atomic E-state index is 13.4. The van der Waals surface area contributed by atoms with E-state index >= 15 is 0 Å². The van der Waals surface area contributed by atoms with E-state index < -0.39 is 0 Å². The number of hydrogen-bond donors (Lipinski definition) is 1. The first-order valence-corrected chi connectivity index (χ1v) is 11.2. The van der Waals surface area contributed by atoms with E-state index in [0.29, 0.717) is 4.77 Å². The number of aromatic amines is 1. The highest BCUT2D eigenvalue weighted by Gasteiger charge is 2.24. The van der Waals surface area contributed by atoms with Crippen molar-refractivity contribution in [2.75, 3.05) is 14.1 Å². The molecule has 0 spiro atoms. The summed E-state index contributed by atoms with van der Waals surface area (Å²) >= 11 is 7.18. The number of amides is 1. The number of aryl methyl sites for hydroxylation is 3. The van der Waals surface area contributed by atoms with Crippen LogP contribution in [0.5, 0.6) is 0 Å². The number of hydrogen-bond acceptors (Lipinski definition) is 4. The maximum Gasteiger partial charge on any atom is 0.267 e. The Kier molecular flexibility index (Phi) is 5.89. The lowest BCUT2D eigenvalue weighted by atomic mass is 9.90. The standard InChI is InChI=1S/C21H16N2OS2.C3H7NO/c1-12-6-2-5-9-16(12)23-20(24)17-15-11-10-13-7-3-4-8-14(13)18(15)26-19(17)22-21(23)25;1-4(2)3-5/h2-9H,10-11H2,1H3,(H,22,25);3H,1-2H3. The summed E-state index contributed by atoms with van der Waals surface area (Å²) in [7, 11) is 3.38. The van der Waals surface area contributed by atoms with Gasteiger partial charge in [0.05, 0.1) is 11.1 Å². The van der Waals surface area contributed by atoms with Crippen LogP contribution in [0.15, 0.2) is 53.3 Å². The molecule has 7 heteroatoms. The van der Waals surface area contributed by atoms with Crippen molar-refractivity contribution in [1.82, 2.24) is 14.5 Å². The van der Waals surface area contributed by atoms with Crippen LogP contribution in [0, 0.1) is 11.7 Å². The number of thiophene rings is 1. The number of para-hydroxylation sites is 1. The van der Waals surface area contributed by atoms with Gasteiger partial charge in [0.2, 0.25) is 6.41 Å². The van der Waals surface area contributed by atoms with Crippen LogP contribution >= 0.6 is 23.6 Å². The van der Waals surface area contributed by atoms with E-state index in [-0.39, 0.29) is 5.56 Å². The average molecular weight is 450 g/mol. The molecule has 1 aliphatic rings. The van der Waals surface area contributed by atoms with Gasteiger partial charge >= 0.3 is 0 Å². The van der Waals surface area contributed by atoms with Crippen molar-refractivity contribution in [3.8, 4) is 16.1 Å².